The Morgan fingerprint density at radius 2 is 2.00 bits per heavy atom. The molecule has 1 amide bonds. The highest BCUT2D eigenvalue weighted by molar-refractivity contribution is 6.03. The van der Waals surface area contributed by atoms with Crippen LogP contribution >= 0.6 is 0 Å². The fourth-order valence-electron chi connectivity index (χ4n) is 5.68. The van der Waals surface area contributed by atoms with E-state index >= 15 is 4.39 Å². The number of nitrogens with one attached hydrogen (secondary N) is 3. The van der Waals surface area contributed by atoms with Crippen molar-refractivity contribution in [2.75, 3.05) is 24.1 Å². The number of ether oxygens (including phenoxy) is 1. The average molecular weight is 658 g/mol. The molecule has 0 bridgehead atoms. The lowest BCUT2D eigenvalue weighted by Crippen LogP contribution is -2.41. The van der Waals surface area contributed by atoms with Crippen molar-refractivity contribution in [2.45, 2.75) is 58.0 Å². The number of benzene rings is 2. The van der Waals surface area contributed by atoms with Gasteiger partial charge in [0, 0.05) is 37.1 Å². The second-order valence-corrected chi connectivity index (χ2v) is 11.6. The highest BCUT2D eigenvalue weighted by Gasteiger charge is 2.40. The predicted molar refractivity (Wildman–Crippen MR) is 170 cm³/mol. The maximum atomic E-state index is 16.8. The minimum absolute atomic E-state index is 0.0308. The van der Waals surface area contributed by atoms with E-state index in [0.29, 0.717) is 37.4 Å². The van der Waals surface area contributed by atoms with E-state index in [9.17, 15) is 22.4 Å². The number of carbonyl (C=O) groups is 1. The normalized spacial score (nSPS) is 17.4. The lowest BCUT2D eigenvalue weighted by atomic mass is 9.95. The maximum absolute atomic E-state index is 16.8. The van der Waals surface area contributed by atoms with Gasteiger partial charge in [0.25, 0.3) is 5.91 Å². The second kappa shape index (κ2) is 13.6. The zero-order valence-corrected chi connectivity index (χ0v) is 26.2. The first-order chi connectivity index (χ1) is 22.3. The van der Waals surface area contributed by atoms with Crippen LogP contribution in [-0.2, 0) is 19.8 Å². The van der Waals surface area contributed by atoms with E-state index in [1.54, 1.807) is 37.0 Å². The highest BCUT2D eigenvalue weighted by atomic mass is 19.4. The van der Waals surface area contributed by atoms with Gasteiger partial charge >= 0.3 is 6.18 Å². The number of hydrogen-bond acceptors (Lipinski definition) is 7. The minimum Gasteiger partial charge on any atom is -0.474 e. The van der Waals surface area contributed by atoms with Gasteiger partial charge in [0.05, 0.1) is 34.8 Å². The van der Waals surface area contributed by atoms with Crippen LogP contribution in [0.3, 0.4) is 0 Å². The predicted octanol–water partition coefficient (Wildman–Crippen LogP) is 6.26. The lowest BCUT2D eigenvalue weighted by Gasteiger charge is -2.23. The van der Waals surface area contributed by atoms with Gasteiger partial charge in [0.1, 0.15) is 17.1 Å². The van der Waals surface area contributed by atoms with E-state index in [0.717, 1.165) is 17.8 Å². The molecule has 3 heterocycles. The van der Waals surface area contributed by atoms with Crippen LogP contribution in [0.15, 0.2) is 43.1 Å². The molecular weight excluding hydrogens is 621 g/mol. The van der Waals surface area contributed by atoms with Crippen LogP contribution < -0.4 is 26.4 Å². The number of nitrogens with zero attached hydrogens (tertiary/aromatic N) is 3. The molecule has 47 heavy (non-hydrogen) atoms. The van der Waals surface area contributed by atoms with Crippen molar-refractivity contribution in [3.8, 4) is 17.1 Å². The monoisotopic (exact) mass is 657 g/mol. The van der Waals surface area contributed by atoms with E-state index in [4.69, 9.17) is 10.5 Å². The first kappa shape index (κ1) is 33.6. The fourth-order valence-corrected chi connectivity index (χ4v) is 5.68. The summed E-state index contributed by atoms with van der Waals surface area (Å²) in [5, 5.41) is 14.2. The molecule has 2 aromatic carbocycles. The van der Waals surface area contributed by atoms with Crippen LogP contribution in [0, 0.1) is 18.6 Å². The lowest BCUT2D eigenvalue weighted by molar-refractivity contribution is -0.137. The van der Waals surface area contributed by atoms with Gasteiger partial charge < -0.3 is 26.4 Å². The molecule has 250 valence electrons. The summed E-state index contributed by atoms with van der Waals surface area (Å²) in [6.07, 6.45) is -0.427. The molecule has 2 aromatic heterocycles. The summed E-state index contributed by atoms with van der Waals surface area (Å²) in [5.41, 5.74) is 2.01. The number of rotatable bonds is 7. The molecule has 14 heteroatoms. The number of halogens is 5. The van der Waals surface area contributed by atoms with Crippen molar-refractivity contribution < 1.29 is 31.5 Å². The molecule has 2 atom stereocenters. The van der Waals surface area contributed by atoms with Crippen molar-refractivity contribution in [3.05, 3.63) is 77.0 Å². The van der Waals surface area contributed by atoms with Crippen LogP contribution in [0.4, 0.5) is 33.3 Å². The van der Waals surface area contributed by atoms with E-state index < -0.39 is 63.6 Å². The van der Waals surface area contributed by atoms with Gasteiger partial charge in [0.2, 0.25) is 5.88 Å². The standard InChI is InChI=1S/C33H36F5N7O2/c1-5-6-7-21-16-42-31(46)25-30(41-14-19-8-9-20-15-43-45(4)24(20)12-19)28(35)29(44-32(25)47-17(2)10-11-40-21)22-13-23(39)27(34)18(3)26(22)33(36,37)38/h5,8-9,12-13,15,17,21,40H,1,6-7,10-11,14,16,39H2,2-4H3,(H,41,44)(H,42,46)/t17-,21?/m0/s1. The van der Waals surface area contributed by atoms with Crippen LogP contribution in [0.25, 0.3) is 22.2 Å². The van der Waals surface area contributed by atoms with Crippen molar-refractivity contribution >= 4 is 28.2 Å². The van der Waals surface area contributed by atoms with Crippen LogP contribution in [0.2, 0.25) is 0 Å². The third-order valence-corrected chi connectivity index (χ3v) is 8.20. The SMILES string of the molecule is C=CCCC1CNC(=O)c2c(nc(-c3cc(N)c(F)c(C)c3C(F)(F)F)c(F)c2NCc2ccc3cnn(C)c3c2)O[C@@H](C)CCN1. The van der Waals surface area contributed by atoms with Crippen LogP contribution in [-0.4, -0.2) is 45.9 Å². The molecular formula is C33H36F5N7O2. The van der Waals surface area contributed by atoms with Crippen molar-refractivity contribution in [2.24, 2.45) is 7.05 Å². The molecule has 9 nitrogen and oxygen atoms in total. The Morgan fingerprint density at radius 3 is 2.72 bits per heavy atom. The fraction of sp³-hybridized carbons (Fsp3) is 0.364. The number of hydrogen-bond donors (Lipinski definition) is 4. The molecule has 1 aliphatic rings. The van der Waals surface area contributed by atoms with Crippen LogP contribution in [0.1, 0.15) is 53.2 Å². The van der Waals surface area contributed by atoms with Crippen molar-refractivity contribution in [1.82, 2.24) is 25.4 Å². The van der Waals surface area contributed by atoms with E-state index in [1.165, 1.54) is 0 Å². The Morgan fingerprint density at radius 1 is 1.23 bits per heavy atom. The summed E-state index contributed by atoms with van der Waals surface area (Å²) in [5.74, 6) is -3.66. The Labute approximate surface area is 268 Å². The third kappa shape index (κ3) is 7.02. The van der Waals surface area contributed by atoms with Gasteiger partial charge in [-0.3, -0.25) is 9.48 Å². The number of nitrogen functional groups attached to an aromatic ring is 1. The number of nitrogens with two attached hydrogens (primary N) is 1. The summed E-state index contributed by atoms with van der Waals surface area (Å²) >= 11 is 0. The van der Waals surface area contributed by atoms with Gasteiger partial charge in [-0.25, -0.2) is 13.8 Å². The molecule has 0 spiro atoms. The molecule has 1 unspecified atom stereocenters. The molecule has 0 fully saturated rings. The molecule has 4 aromatic rings. The summed E-state index contributed by atoms with van der Waals surface area (Å²) in [7, 11) is 1.76. The molecule has 0 radical (unpaired) electrons. The van der Waals surface area contributed by atoms with Gasteiger partial charge in [0.15, 0.2) is 5.82 Å². The number of aryl methyl sites for hydroxylation is 1. The molecule has 5 rings (SSSR count). The number of fused-ring (bicyclic) bond motifs is 2. The minimum atomic E-state index is -5.09. The molecule has 5 N–H and O–H groups in total. The number of aromatic nitrogens is 3. The number of carbonyl (C=O) groups excluding carboxylic acids is 1. The molecule has 1 aliphatic heterocycles. The smallest absolute Gasteiger partial charge is 0.417 e. The summed E-state index contributed by atoms with van der Waals surface area (Å²) in [4.78, 5) is 18.0. The molecule has 0 saturated heterocycles. The largest absolute Gasteiger partial charge is 0.474 e. The van der Waals surface area contributed by atoms with E-state index in [1.807, 2.05) is 12.1 Å². The third-order valence-electron chi connectivity index (χ3n) is 8.20. The number of pyridine rings is 1. The first-order valence-electron chi connectivity index (χ1n) is 15.1. The molecule has 0 aliphatic carbocycles. The average Bonchev–Trinajstić information content (AvgIpc) is 3.38. The topological polar surface area (TPSA) is 119 Å². The quantitative estimate of drug-likeness (QED) is 0.105. The number of amides is 1. The Balaban J connectivity index is 1.70. The van der Waals surface area contributed by atoms with Crippen LogP contribution in [0.5, 0.6) is 5.88 Å². The summed E-state index contributed by atoms with van der Waals surface area (Å²) < 4.78 is 82.4. The van der Waals surface area contributed by atoms with E-state index in [2.05, 4.69) is 32.6 Å². The second-order valence-electron chi connectivity index (χ2n) is 11.6. The maximum Gasteiger partial charge on any atom is 0.417 e. The number of alkyl halides is 3. The zero-order chi connectivity index (χ0) is 34.0. The number of allylic oxidation sites excluding steroid dienone is 1. The van der Waals surface area contributed by atoms with Gasteiger partial charge in [-0.05, 0) is 62.9 Å². The zero-order valence-electron chi connectivity index (χ0n) is 26.2. The summed E-state index contributed by atoms with van der Waals surface area (Å²) in [6.45, 7) is 7.01. The van der Waals surface area contributed by atoms with Gasteiger partial charge in [-0.2, -0.15) is 18.3 Å². The Bertz CT molecular complexity index is 1820. The van der Waals surface area contributed by atoms with Crippen molar-refractivity contribution in [1.29, 1.82) is 0 Å². The summed E-state index contributed by atoms with van der Waals surface area (Å²) in [6, 6.07) is 5.98. The van der Waals surface area contributed by atoms with E-state index in [-0.39, 0.29) is 30.6 Å². The molecule has 0 saturated carbocycles. The first-order valence-corrected chi connectivity index (χ1v) is 15.1. The number of anilines is 2. The highest BCUT2D eigenvalue weighted by Crippen LogP contribution is 2.44. The van der Waals surface area contributed by atoms with Crippen molar-refractivity contribution in [3.63, 3.8) is 0 Å². The Kier molecular flexibility index (Phi) is 9.70. The van der Waals surface area contributed by atoms with Gasteiger partial charge in [-0.1, -0.05) is 18.2 Å². The Hall–Kier alpha value is -4.72. The van der Waals surface area contributed by atoms with Gasteiger partial charge in [-0.15, -0.1) is 6.58 Å².